The monoisotopic (exact) mass is 485 g/mol. The van der Waals surface area contributed by atoms with Crippen molar-refractivity contribution in [1.29, 1.82) is 0 Å². The lowest BCUT2D eigenvalue weighted by Gasteiger charge is -2.42. The second kappa shape index (κ2) is 14.0. The fraction of sp³-hybridized carbons (Fsp3) is 0.630. The number of amides is 3. The van der Waals surface area contributed by atoms with Crippen LogP contribution in [0.3, 0.4) is 0 Å². The maximum Gasteiger partial charge on any atom is 0.321 e. The summed E-state index contributed by atoms with van der Waals surface area (Å²) in [4.78, 5) is 55.8. The van der Waals surface area contributed by atoms with Crippen molar-refractivity contribution in [3.05, 3.63) is 35.9 Å². The third-order valence-electron chi connectivity index (χ3n) is 6.85. The molecule has 3 rings (SSSR count). The fourth-order valence-corrected chi connectivity index (χ4v) is 4.92. The molecule has 192 valence electrons. The SMILES string of the molecule is CCCC[C@@H](C(=O)C(=O)NCC(=O)Cc1ccccc1)N(C(=O)N1CCOCC1)C1CCCCC1. The molecule has 0 unspecified atom stereocenters. The number of nitrogens with zero attached hydrogens (tertiary/aromatic N) is 2. The first-order valence-electron chi connectivity index (χ1n) is 13.0. The smallest absolute Gasteiger partial charge is 0.321 e. The molecule has 0 bridgehead atoms. The number of hydrogen-bond donors (Lipinski definition) is 1. The molecular formula is C27H39N3O5. The zero-order valence-corrected chi connectivity index (χ0v) is 20.9. The number of carbonyl (C=O) groups is 4. The van der Waals surface area contributed by atoms with E-state index in [0.717, 1.165) is 50.5 Å². The molecule has 1 saturated heterocycles. The Morgan fingerprint density at radius 1 is 1.06 bits per heavy atom. The minimum Gasteiger partial charge on any atom is -0.378 e. The summed E-state index contributed by atoms with van der Waals surface area (Å²) in [5.74, 6) is -1.59. The molecule has 1 saturated carbocycles. The minimum absolute atomic E-state index is 0.0580. The minimum atomic E-state index is -0.822. The van der Waals surface area contributed by atoms with Crippen molar-refractivity contribution in [2.24, 2.45) is 0 Å². The Morgan fingerprint density at radius 3 is 2.40 bits per heavy atom. The standard InChI is InChI=1S/C27H39N3O5/c1-2-3-14-24(25(32)26(33)28-20-23(31)19-21-10-6-4-7-11-21)30(22-12-8-5-9-13-22)27(34)29-15-17-35-18-16-29/h4,6-7,10-11,22,24H,2-3,5,8-9,12-20H2,1H3,(H,28,33)/t24-/m0/s1. The van der Waals surface area contributed by atoms with Gasteiger partial charge in [0.05, 0.1) is 19.8 Å². The van der Waals surface area contributed by atoms with Gasteiger partial charge in [-0.3, -0.25) is 14.4 Å². The molecule has 2 aliphatic rings. The van der Waals surface area contributed by atoms with E-state index in [1.54, 1.807) is 9.80 Å². The number of Topliss-reactive ketones (excluding diaryl/α,β-unsaturated/α-hetero) is 2. The van der Waals surface area contributed by atoms with Crippen LogP contribution in [-0.4, -0.2) is 78.2 Å². The third kappa shape index (κ3) is 7.88. The predicted octanol–water partition coefficient (Wildman–Crippen LogP) is 3.13. The second-order valence-corrected chi connectivity index (χ2v) is 9.49. The first kappa shape index (κ1) is 26.9. The van der Waals surface area contributed by atoms with Gasteiger partial charge in [-0.1, -0.05) is 69.4 Å². The Hall–Kier alpha value is -2.74. The number of carbonyl (C=O) groups excluding carboxylic acids is 4. The van der Waals surface area contributed by atoms with Gasteiger partial charge in [0, 0.05) is 25.6 Å². The largest absolute Gasteiger partial charge is 0.378 e. The van der Waals surface area contributed by atoms with Crippen LogP contribution in [0.25, 0.3) is 0 Å². The highest BCUT2D eigenvalue weighted by Gasteiger charge is 2.40. The molecular weight excluding hydrogens is 446 g/mol. The maximum absolute atomic E-state index is 13.7. The summed E-state index contributed by atoms with van der Waals surface area (Å²) in [6.07, 6.45) is 7.02. The van der Waals surface area contributed by atoms with Crippen LogP contribution < -0.4 is 5.32 Å². The summed E-state index contributed by atoms with van der Waals surface area (Å²) in [6, 6.07) is 8.23. The van der Waals surface area contributed by atoms with Crippen molar-refractivity contribution in [3.63, 3.8) is 0 Å². The van der Waals surface area contributed by atoms with Gasteiger partial charge in [0.15, 0.2) is 5.78 Å². The Labute approximate surface area is 208 Å². The summed E-state index contributed by atoms with van der Waals surface area (Å²) in [5.41, 5.74) is 0.860. The number of hydrogen-bond acceptors (Lipinski definition) is 5. The molecule has 1 aliphatic heterocycles. The molecule has 1 aromatic rings. The number of rotatable bonds is 11. The van der Waals surface area contributed by atoms with Crippen molar-refractivity contribution in [3.8, 4) is 0 Å². The van der Waals surface area contributed by atoms with E-state index in [0.29, 0.717) is 32.7 Å². The number of ether oxygens (including phenoxy) is 1. The van der Waals surface area contributed by atoms with Crippen molar-refractivity contribution < 1.29 is 23.9 Å². The quantitative estimate of drug-likeness (QED) is 0.486. The van der Waals surface area contributed by atoms with Crippen molar-refractivity contribution in [2.45, 2.75) is 76.8 Å². The van der Waals surface area contributed by atoms with Crippen LogP contribution >= 0.6 is 0 Å². The number of nitrogens with one attached hydrogen (secondary N) is 1. The van der Waals surface area contributed by atoms with Crippen LogP contribution in [-0.2, 0) is 25.5 Å². The number of morpholine rings is 1. The van der Waals surface area contributed by atoms with Gasteiger partial charge in [0.2, 0.25) is 5.78 Å². The topological polar surface area (TPSA) is 96.0 Å². The molecule has 1 N–H and O–H groups in total. The van der Waals surface area contributed by atoms with Gasteiger partial charge in [0.25, 0.3) is 5.91 Å². The average molecular weight is 486 g/mol. The molecule has 35 heavy (non-hydrogen) atoms. The van der Waals surface area contributed by atoms with E-state index >= 15 is 0 Å². The molecule has 0 aromatic heterocycles. The van der Waals surface area contributed by atoms with E-state index in [1.165, 1.54) is 0 Å². The van der Waals surface area contributed by atoms with Crippen LogP contribution in [0.2, 0.25) is 0 Å². The van der Waals surface area contributed by atoms with E-state index in [-0.39, 0.29) is 30.8 Å². The molecule has 1 aliphatic carbocycles. The normalized spacial score (nSPS) is 17.5. The predicted molar refractivity (Wildman–Crippen MR) is 133 cm³/mol. The van der Waals surface area contributed by atoms with Gasteiger partial charge in [-0.25, -0.2) is 4.79 Å². The summed E-state index contributed by atoms with van der Waals surface area (Å²) in [7, 11) is 0. The molecule has 0 spiro atoms. The van der Waals surface area contributed by atoms with Crippen molar-refractivity contribution in [2.75, 3.05) is 32.8 Å². The Kier molecular flexibility index (Phi) is 10.7. The average Bonchev–Trinajstić information content (AvgIpc) is 2.90. The lowest BCUT2D eigenvalue weighted by molar-refractivity contribution is -0.141. The highest BCUT2D eigenvalue weighted by atomic mass is 16.5. The first-order chi connectivity index (χ1) is 17.0. The number of unbranched alkanes of at least 4 members (excludes halogenated alkanes) is 1. The van der Waals surface area contributed by atoms with Crippen LogP contribution in [0.5, 0.6) is 0 Å². The highest BCUT2D eigenvalue weighted by molar-refractivity contribution is 6.38. The van der Waals surface area contributed by atoms with Gasteiger partial charge >= 0.3 is 6.03 Å². The molecule has 8 nitrogen and oxygen atoms in total. The first-order valence-corrected chi connectivity index (χ1v) is 13.0. The summed E-state index contributed by atoms with van der Waals surface area (Å²) in [6.45, 7) is 3.73. The van der Waals surface area contributed by atoms with Gasteiger partial charge in [0.1, 0.15) is 6.04 Å². The van der Waals surface area contributed by atoms with Gasteiger partial charge in [-0.05, 0) is 24.8 Å². The molecule has 8 heteroatoms. The molecule has 1 heterocycles. The number of ketones is 2. The Morgan fingerprint density at radius 2 is 1.74 bits per heavy atom. The van der Waals surface area contributed by atoms with Crippen LogP contribution in [0.15, 0.2) is 30.3 Å². The van der Waals surface area contributed by atoms with Crippen molar-refractivity contribution >= 4 is 23.5 Å². The highest BCUT2D eigenvalue weighted by Crippen LogP contribution is 2.28. The number of urea groups is 1. The molecule has 1 atom stereocenters. The van der Waals surface area contributed by atoms with Crippen molar-refractivity contribution in [1.82, 2.24) is 15.1 Å². The second-order valence-electron chi connectivity index (χ2n) is 9.49. The maximum atomic E-state index is 13.7. The van der Waals surface area contributed by atoms with E-state index in [2.05, 4.69) is 5.32 Å². The molecule has 0 radical (unpaired) electrons. The summed E-state index contributed by atoms with van der Waals surface area (Å²) < 4.78 is 5.41. The Balaban J connectivity index is 1.71. The van der Waals surface area contributed by atoms with Gasteiger partial charge in [-0.15, -0.1) is 0 Å². The molecule has 2 fully saturated rings. The van der Waals surface area contributed by atoms with E-state index in [1.807, 2.05) is 37.3 Å². The molecule has 1 aromatic carbocycles. The summed E-state index contributed by atoms with van der Waals surface area (Å²) in [5, 5.41) is 2.53. The Bertz CT molecular complexity index is 848. The van der Waals surface area contributed by atoms with Gasteiger partial charge in [-0.2, -0.15) is 0 Å². The van der Waals surface area contributed by atoms with E-state index in [9.17, 15) is 19.2 Å². The molecule has 3 amide bonds. The zero-order chi connectivity index (χ0) is 25.0. The zero-order valence-electron chi connectivity index (χ0n) is 20.9. The number of benzene rings is 1. The van der Waals surface area contributed by atoms with Crippen LogP contribution in [0, 0.1) is 0 Å². The fourth-order valence-electron chi connectivity index (χ4n) is 4.92. The van der Waals surface area contributed by atoms with E-state index < -0.39 is 17.7 Å². The van der Waals surface area contributed by atoms with Crippen LogP contribution in [0.1, 0.15) is 63.9 Å². The third-order valence-corrected chi connectivity index (χ3v) is 6.85. The lowest BCUT2D eigenvalue weighted by Crippen LogP contribution is -2.59. The van der Waals surface area contributed by atoms with Crippen LogP contribution in [0.4, 0.5) is 4.79 Å². The van der Waals surface area contributed by atoms with E-state index in [4.69, 9.17) is 4.74 Å². The lowest BCUT2D eigenvalue weighted by atomic mass is 9.91. The van der Waals surface area contributed by atoms with Gasteiger partial charge < -0.3 is 19.9 Å². The summed E-state index contributed by atoms with van der Waals surface area (Å²) >= 11 is 0.